The monoisotopic (exact) mass is 327 g/mol. The van der Waals surface area contributed by atoms with Crippen molar-refractivity contribution >= 4 is 40.2 Å². The molecule has 0 aliphatic rings. The Morgan fingerprint density at radius 1 is 1.30 bits per heavy atom. The molecule has 0 bridgehead atoms. The van der Waals surface area contributed by atoms with Crippen LogP contribution in [0.3, 0.4) is 0 Å². The third-order valence-electron chi connectivity index (χ3n) is 3.62. The molecule has 0 saturated heterocycles. The lowest BCUT2D eigenvalue weighted by atomic mass is 9.99. The summed E-state index contributed by atoms with van der Waals surface area (Å²) in [5.41, 5.74) is 3.96. The Balaban J connectivity index is 2.02. The first-order chi connectivity index (χ1) is 11.0. The number of carbonyl (C=O) groups is 1. The number of aromatic amines is 1. The van der Waals surface area contributed by atoms with Crippen LogP contribution in [0.15, 0.2) is 49.0 Å². The van der Waals surface area contributed by atoms with E-state index >= 15 is 0 Å². The maximum absolute atomic E-state index is 11.0. The number of halogens is 1. The van der Waals surface area contributed by atoms with Crippen molar-refractivity contribution in [2.75, 3.05) is 11.9 Å². The molecule has 0 spiro atoms. The Kier molecular flexibility index (Phi) is 3.80. The molecule has 3 rings (SSSR count). The number of amides is 1. The largest absolute Gasteiger partial charge is 0.465 e. The zero-order valence-electron chi connectivity index (χ0n) is 12.4. The van der Waals surface area contributed by atoms with Gasteiger partial charge in [-0.15, -0.1) is 0 Å². The Morgan fingerprint density at radius 2 is 2.04 bits per heavy atom. The van der Waals surface area contributed by atoms with E-state index in [1.54, 1.807) is 0 Å². The van der Waals surface area contributed by atoms with Crippen LogP contribution in [-0.2, 0) is 0 Å². The van der Waals surface area contributed by atoms with Gasteiger partial charge in [-0.2, -0.15) is 0 Å². The van der Waals surface area contributed by atoms with Crippen LogP contribution in [0, 0.1) is 0 Å². The van der Waals surface area contributed by atoms with Crippen molar-refractivity contribution in [3.8, 4) is 0 Å². The highest BCUT2D eigenvalue weighted by Gasteiger charge is 2.14. The average molecular weight is 328 g/mol. The molecule has 1 amide bonds. The molecule has 0 fully saturated rings. The Hall–Kier alpha value is -2.79. The molecule has 0 atom stereocenters. The van der Waals surface area contributed by atoms with Crippen molar-refractivity contribution in [1.29, 1.82) is 0 Å². The number of imidazole rings is 1. The molecule has 0 unspecified atom stereocenters. The molecule has 2 N–H and O–H groups in total. The van der Waals surface area contributed by atoms with Crippen molar-refractivity contribution in [3.05, 3.63) is 65.2 Å². The molecule has 23 heavy (non-hydrogen) atoms. The van der Waals surface area contributed by atoms with Crippen LogP contribution in [-0.4, -0.2) is 28.2 Å². The third kappa shape index (κ3) is 2.78. The van der Waals surface area contributed by atoms with Gasteiger partial charge in [-0.3, -0.25) is 4.90 Å². The van der Waals surface area contributed by atoms with Crippen molar-refractivity contribution < 1.29 is 9.90 Å². The molecule has 5 nitrogen and oxygen atoms in total. The Morgan fingerprint density at radius 3 is 2.74 bits per heavy atom. The number of H-pyrrole nitrogens is 1. The second-order valence-electron chi connectivity index (χ2n) is 5.09. The lowest BCUT2D eigenvalue weighted by Gasteiger charge is -2.08. The lowest BCUT2D eigenvalue weighted by Crippen LogP contribution is -2.24. The summed E-state index contributed by atoms with van der Waals surface area (Å²) in [6.45, 7) is 4.11. The van der Waals surface area contributed by atoms with E-state index in [1.165, 1.54) is 7.05 Å². The van der Waals surface area contributed by atoms with E-state index in [1.807, 2.05) is 42.5 Å². The van der Waals surface area contributed by atoms with Crippen molar-refractivity contribution in [2.45, 2.75) is 0 Å². The fourth-order valence-electron chi connectivity index (χ4n) is 2.29. The molecule has 1 aromatic heterocycles. The van der Waals surface area contributed by atoms with Crippen LogP contribution in [0.2, 0.25) is 5.02 Å². The Labute approximate surface area is 137 Å². The van der Waals surface area contributed by atoms with Crippen LogP contribution in [0.4, 0.5) is 10.7 Å². The van der Waals surface area contributed by atoms with Crippen molar-refractivity contribution in [2.24, 2.45) is 0 Å². The molecular formula is C17H14ClN3O2. The molecular weight excluding hydrogens is 314 g/mol. The number of hydrogen-bond acceptors (Lipinski definition) is 2. The minimum Gasteiger partial charge on any atom is -0.465 e. The zero-order chi connectivity index (χ0) is 16.6. The van der Waals surface area contributed by atoms with E-state index < -0.39 is 6.09 Å². The summed E-state index contributed by atoms with van der Waals surface area (Å²) in [5, 5.41) is 9.65. The zero-order valence-corrected chi connectivity index (χ0v) is 13.1. The molecule has 0 aliphatic heterocycles. The summed E-state index contributed by atoms with van der Waals surface area (Å²) in [7, 11) is 1.43. The average Bonchev–Trinajstić information content (AvgIpc) is 2.96. The van der Waals surface area contributed by atoms with Gasteiger partial charge in [0.05, 0.1) is 11.0 Å². The highest BCUT2D eigenvalue weighted by Crippen LogP contribution is 2.29. The van der Waals surface area contributed by atoms with Gasteiger partial charge in [0, 0.05) is 17.6 Å². The fourth-order valence-corrected chi connectivity index (χ4v) is 2.54. The molecule has 3 aromatic rings. The van der Waals surface area contributed by atoms with Gasteiger partial charge in [0.1, 0.15) is 0 Å². The normalized spacial score (nSPS) is 10.7. The molecule has 1 heterocycles. The lowest BCUT2D eigenvalue weighted by molar-refractivity contribution is 0.203. The highest BCUT2D eigenvalue weighted by atomic mass is 35.5. The number of fused-ring (bicyclic) bond motifs is 1. The van der Waals surface area contributed by atoms with Gasteiger partial charge in [-0.25, -0.2) is 9.78 Å². The maximum Gasteiger partial charge on any atom is 0.413 e. The van der Waals surface area contributed by atoms with Crippen LogP contribution < -0.4 is 4.90 Å². The number of hydrogen-bond donors (Lipinski definition) is 2. The Bertz CT molecular complexity index is 917. The molecule has 0 saturated carbocycles. The number of rotatable bonds is 3. The first kappa shape index (κ1) is 15.1. The molecule has 0 radical (unpaired) electrons. The van der Waals surface area contributed by atoms with Crippen LogP contribution in [0.1, 0.15) is 11.1 Å². The van der Waals surface area contributed by atoms with E-state index in [4.69, 9.17) is 16.7 Å². The molecule has 0 aliphatic carbocycles. The van der Waals surface area contributed by atoms with E-state index in [-0.39, 0.29) is 5.95 Å². The summed E-state index contributed by atoms with van der Waals surface area (Å²) in [4.78, 5) is 19.3. The van der Waals surface area contributed by atoms with E-state index in [0.29, 0.717) is 10.5 Å². The predicted molar refractivity (Wildman–Crippen MR) is 92.1 cm³/mol. The van der Waals surface area contributed by atoms with Gasteiger partial charge in [0.15, 0.2) is 0 Å². The van der Waals surface area contributed by atoms with Gasteiger partial charge >= 0.3 is 6.09 Å². The number of nitrogens with one attached hydrogen (secondary N) is 1. The second kappa shape index (κ2) is 5.78. The van der Waals surface area contributed by atoms with Gasteiger partial charge in [-0.05, 0) is 29.3 Å². The predicted octanol–water partition coefficient (Wildman–Crippen LogP) is 4.39. The first-order valence-electron chi connectivity index (χ1n) is 6.88. The smallest absolute Gasteiger partial charge is 0.413 e. The highest BCUT2D eigenvalue weighted by molar-refractivity contribution is 6.32. The minimum absolute atomic E-state index is 0.271. The summed E-state index contributed by atoms with van der Waals surface area (Å²) >= 11 is 6.21. The molecule has 116 valence electrons. The number of aromatic nitrogens is 2. The standard InChI is InChI=1S/C17H14ClN3O2/c1-10(12-5-3-4-6-13(12)18)11-7-8-14-15(9-11)20-16(19-14)21(2)17(22)23/h3-9H,1H2,2H3,(H,19,20)(H,22,23). The SMILES string of the molecule is C=C(c1ccc2nc(N(C)C(=O)O)[nH]c2c1)c1ccccc1Cl. The van der Waals surface area contributed by atoms with Gasteiger partial charge in [0.2, 0.25) is 5.95 Å². The number of benzene rings is 2. The summed E-state index contributed by atoms with van der Waals surface area (Å²) < 4.78 is 0. The van der Waals surface area contributed by atoms with E-state index in [9.17, 15) is 4.79 Å². The fraction of sp³-hybridized carbons (Fsp3) is 0.0588. The number of nitrogens with zero attached hydrogens (tertiary/aromatic N) is 2. The van der Waals surface area contributed by atoms with Crippen molar-refractivity contribution in [3.63, 3.8) is 0 Å². The summed E-state index contributed by atoms with van der Waals surface area (Å²) in [6.07, 6.45) is -1.08. The number of carboxylic acid groups (broad SMARTS) is 1. The van der Waals surface area contributed by atoms with Crippen LogP contribution in [0.25, 0.3) is 16.6 Å². The van der Waals surface area contributed by atoms with Crippen LogP contribution in [0.5, 0.6) is 0 Å². The maximum atomic E-state index is 11.0. The van der Waals surface area contributed by atoms with Gasteiger partial charge in [0.25, 0.3) is 0 Å². The summed E-state index contributed by atoms with van der Waals surface area (Å²) in [5.74, 6) is 0.271. The molecule has 2 aromatic carbocycles. The molecule has 6 heteroatoms. The van der Waals surface area contributed by atoms with E-state index in [0.717, 1.165) is 27.1 Å². The van der Waals surface area contributed by atoms with Crippen molar-refractivity contribution in [1.82, 2.24) is 9.97 Å². The van der Waals surface area contributed by atoms with E-state index in [2.05, 4.69) is 16.5 Å². The number of anilines is 1. The van der Waals surface area contributed by atoms with Gasteiger partial charge < -0.3 is 10.1 Å². The minimum atomic E-state index is -1.08. The first-order valence-corrected chi connectivity index (χ1v) is 7.26. The van der Waals surface area contributed by atoms with Crippen LogP contribution >= 0.6 is 11.6 Å². The topological polar surface area (TPSA) is 69.2 Å². The van der Waals surface area contributed by atoms with Gasteiger partial charge in [-0.1, -0.05) is 42.4 Å². The third-order valence-corrected chi connectivity index (χ3v) is 3.95. The second-order valence-corrected chi connectivity index (χ2v) is 5.50. The summed E-state index contributed by atoms with van der Waals surface area (Å²) in [6, 6.07) is 13.1. The quantitative estimate of drug-likeness (QED) is 0.749.